The molecule has 21 heavy (non-hydrogen) atoms. The average molecular weight is 295 g/mol. The number of urea groups is 1. The van der Waals surface area contributed by atoms with E-state index in [-0.39, 0.29) is 30.7 Å². The Kier molecular flexibility index (Phi) is 4.74. The highest BCUT2D eigenvalue weighted by Gasteiger charge is 2.31. The molecule has 114 valence electrons. The summed E-state index contributed by atoms with van der Waals surface area (Å²) in [7, 11) is 0. The number of hydrogen-bond acceptors (Lipinski definition) is 3. The van der Waals surface area contributed by atoms with Gasteiger partial charge in [-0.3, -0.25) is 4.79 Å². The van der Waals surface area contributed by atoms with Crippen molar-refractivity contribution in [2.24, 2.45) is 0 Å². The van der Waals surface area contributed by atoms with Crippen molar-refractivity contribution in [3.05, 3.63) is 30.1 Å². The molecule has 1 fully saturated rings. The summed E-state index contributed by atoms with van der Waals surface area (Å²) < 4.78 is 12.9. The van der Waals surface area contributed by atoms with Gasteiger partial charge in [-0.05, 0) is 31.2 Å². The van der Waals surface area contributed by atoms with Gasteiger partial charge in [0.05, 0.1) is 12.1 Å². The molecule has 6 nitrogen and oxygen atoms in total. The third kappa shape index (κ3) is 4.16. The molecule has 0 saturated carbocycles. The number of carbonyl (C=O) groups is 2. The van der Waals surface area contributed by atoms with Crippen molar-refractivity contribution in [2.45, 2.75) is 25.5 Å². The van der Waals surface area contributed by atoms with Gasteiger partial charge in [-0.2, -0.15) is 0 Å². The van der Waals surface area contributed by atoms with Gasteiger partial charge in [0.25, 0.3) is 0 Å². The van der Waals surface area contributed by atoms with Crippen molar-refractivity contribution in [1.82, 2.24) is 10.6 Å². The standard InChI is InChI=1S/C14H18FN3O3/c1-9(19)7-16-14(21)17-11-6-13(20)18(8-11)12-4-2-10(15)3-5-12/h2-5,9,11,19H,6-8H2,1H3,(H2,16,17,21). The first kappa shape index (κ1) is 15.2. The number of aliphatic hydroxyl groups excluding tert-OH is 1. The number of benzene rings is 1. The van der Waals surface area contributed by atoms with Crippen LogP contribution in [0.1, 0.15) is 13.3 Å². The van der Waals surface area contributed by atoms with E-state index in [2.05, 4.69) is 10.6 Å². The highest BCUT2D eigenvalue weighted by molar-refractivity contribution is 5.96. The van der Waals surface area contributed by atoms with Crippen LogP contribution in [0.4, 0.5) is 14.9 Å². The van der Waals surface area contributed by atoms with Crippen molar-refractivity contribution in [3.63, 3.8) is 0 Å². The lowest BCUT2D eigenvalue weighted by molar-refractivity contribution is -0.117. The lowest BCUT2D eigenvalue weighted by atomic mass is 10.2. The first-order chi connectivity index (χ1) is 9.95. The maximum atomic E-state index is 12.9. The van der Waals surface area contributed by atoms with Crippen LogP contribution >= 0.6 is 0 Å². The molecule has 1 heterocycles. The van der Waals surface area contributed by atoms with Gasteiger partial charge >= 0.3 is 6.03 Å². The Labute approximate surface area is 121 Å². The Hall–Kier alpha value is -2.15. The smallest absolute Gasteiger partial charge is 0.315 e. The summed E-state index contributed by atoms with van der Waals surface area (Å²) in [4.78, 5) is 25.0. The molecule has 0 radical (unpaired) electrons. The largest absolute Gasteiger partial charge is 0.392 e. The molecule has 1 saturated heterocycles. The van der Waals surface area contributed by atoms with E-state index in [4.69, 9.17) is 5.11 Å². The fourth-order valence-electron chi connectivity index (χ4n) is 2.15. The SMILES string of the molecule is CC(O)CNC(=O)NC1CC(=O)N(c2ccc(F)cc2)C1. The van der Waals surface area contributed by atoms with Crippen molar-refractivity contribution >= 4 is 17.6 Å². The number of rotatable bonds is 4. The molecule has 7 heteroatoms. The Bertz CT molecular complexity index is 519. The molecule has 1 aliphatic rings. The quantitative estimate of drug-likeness (QED) is 0.761. The molecular formula is C14H18FN3O3. The summed E-state index contributed by atoms with van der Waals surface area (Å²) in [6.07, 6.45) is -0.434. The second-order valence-corrected chi connectivity index (χ2v) is 5.09. The highest BCUT2D eigenvalue weighted by Crippen LogP contribution is 2.21. The summed E-state index contributed by atoms with van der Waals surface area (Å²) in [5.41, 5.74) is 0.607. The van der Waals surface area contributed by atoms with Crippen LogP contribution in [0.5, 0.6) is 0 Å². The predicted molar refractivity (Wildman–Crippen MR) is 75.4 cm³/mol. The highest BCUT2D eigenvalue weighted by atomic mass is 19.1. The van der Waals surface area contributed by atoms with Crippen molar-refractivity contribution < 1.29 is 19.1 Å². The molecule has 1 aliphatic heterocycles. The van der Waals surface area contributed by atoms with Gasteiger partial charge in [0.2, 0.25) is 5.91 Å². The number of halogens is 1. The molecule has 0 bridgehead atoms. The summed E-state index contributed by atoms with van der Waals surface area (Å²) in [5, 5.41) is 14.3. The van der Waals surface area contributed by atoms with E-state index >= 15 is 0 Å². The zero-order valence-electron chi connectivity index (χ0n) is 11.7. The van der Waals surface area contributed by atoms with Crippen LogP contribution in [-0.2, 0) is 4.79 Å². The van der Waals surface area contributed by atoms with Gasteiger partial charge < -0.3 is 20.6 Å². The van der Waals surface area contributed by atoms with Gasteiger partial charge in [-0.15, -0.1) is 0 Å². The Morgan fingerprint density at radius 2 is 2.14 bits per heavy atom. The zero-order valence-corrected chi connectivity index (χ0v) is 11.7. The number of amides is 3. The third-order valence-electron chi connectivity index (χ3n) is 3.16. The van der Waals surface area contributed by atoms with Crippen LogP contribution < -0.4 is 15.5 Å². The summed E-state index contributed by atoms with van der Waals surface area (Å²) in [5.74, 6) is -0.486. The maximum Gasteiger partial charge on any atom is 0.315 e. The number of nitrogens with zero attached hydrogens (tertiary/aromatic N) is 1. The van der Waals surface area contributed by atoms with Gasteiger partial charge in [-0.25, -0.2) is 9.18 Å². The Morgan fingerprint density at radius 3 is 2.76 bits per heavy atom. The van der Waals surface area contributed by atoms with Gasteiger partial charge in [0.15, 0.2) is 0 Å². The van der Waals surface area contributed by atoms with Crippen LogP contribution in [0.15, 0.2) is 24.3 Å². The van der Waals surface area contributed by atoms with Crippen LogP contribution in [-0.4, -0.2) is 42.3 Å². The molecule has 2 atom stereocenters. The first-order valence-corrected chi connectivity index (χ1v) is 6.74. The summed E-state index contributed by atoms with van der Waals surface area (Å²) >= 11 is 0. The van der Waals surface area contributed by atoms with E-state index in [1.807, 2.05) is 0 Å². The van der Waals surface area contributed by atoms with E-state index in [9.17, 15) is 14.0 Å². The molecule has 2 unspecified atom stereocenters. The van der Waals surface area contributed by atoms with E-state index in [0.29, 0.717) is 12.2 Å². The third-order valence-corrected chi connectivity index (χ3v) is 3.16. The van der Waals surface area contributed by atoms with Gasteiger partial charge in [0, 0.05) is 25.2 Å². The topological polar surface area (TPSA) is 81.7 Å². The second kappa shape index (κ2) is 6.53. The molecule has 0 aliphatic carbocycles. The second-order valence-electron chi connectivity index (χ2n) is 5.09. The van der Waals surface area contributed by atoms with Crippen molar-refractivity contribution in [2.75, 3.05) is 18.0 Å². The minimum Gasteiger partial charge on any atom is -0.392 e. The van der Waals surface area contributed by atoms with Crippen molar-refractivity contribution in [3.8, 4) is 0 Å². The molecule has 1 aromatic rings. The number of carbonyl (C=O) groups excluding carboxylic acids is 2. The molecule has 0 spiro atoms. The fraction of sp³-hybridized carbons (Fsp3) is 0.429. The Balaban J connectivity index is 1.90. The minimum atomic E-state index is -0.628. The first-order valence-electron chi connectivity index (χ1n) is 6.74. The minimum absolute atomic E-state index is 0.123. The van der Waals surface area contributed by atoms with E-state index in [1.165, 1.54) is 29.2 Å². The van der Waals surface area contributed by atoms with E-state index in [1.54, 1.807) is 6.92 Å². The molecule has 3 N–H and O–H groups in total. The van der Waals surface area contributed by atoms with Gasteiger partial charge in [-0.1, -0.05) is 0 Å². The van der Waals surface area contributed by atoms with Crippen LogP contribution in [0, 0.1) is 5.82 Å². The monoisotopic (exact) mass is 295 g/mol. The van der Waals surface area contributed by atoms with E-state index in [0.717, 1.165) is 0 Å². The molecular weight excluding hydrogens is 277 g/mol. The fourth-order valence-corrected chi connectivity index (χ4v) is 2.15. The van der Waals surface area contributed by atoms with Crippen molar-refractivity contribution in [1.29, 1.82) is 0 Å². The average Bonchev–Trinajstić information content (AvgIpc) is 2.78. The normalized spacial score (nSPS) is 19.5. The van der Waals surface area contributed by atoms with E-state index < -0.39 is 12.1 Å². The molecule has 0 aromatic heterocycles. The summed E-state index contributed by atoms with van der Waals surface area (Å²) in [6.45, 7) is 2.05. The lowest BCUT2D eigenvalue weighted by Gasteiger charge is -2.17. The lowest BCUT2D eigenvalue weighted by Crippen LogP contribution is -2.45. The zero-order chi connectivity index (χ0) is 15.4. The molecule has 2 rings (SSSR count). The number of aliphatic hydroxyl groups is 1. The number of hydrogen-bond donors (Lipinski definition) is 3. The predicted octanol–water partition coefficient (Wildman–Crippen LogP) is 0.611. The van der Waals surface area contributed by atoms with Crippen LogP contribution in [0.3, 0.4) is 0 Å². The molecule has 1 aromatic carbocycles. The van der Waals surface area contributed by atoms with Crippen LogP contribution in [0.25, 0.3) is 0 Å². The Morgan fingerprint density at radius 1 is 1.48 bits per heavy atom. The maximum absolute atomic E-state index is 12.9. The molecule has 3 amide bonds. The van der Waals surface area contributed by atoms with Crippen LogP contribution in [0.2, 0.25) is 0 Å². The van der Waals surface area contributed by atoms with Gasteiger partial charge in [0.1, 0.15) is 5.82 Å². The number of anilines is 1. The number of nitrogens with one attached hydrogen (secondary N) is 2. The summed E-state index contributed by atoms with van der Waals surface area (Å²) in [6, 6.07) is 4.91.